The van der Waals surface area contributed by atoms with Crippen molar-refractivity contribution >= 4 is 5.97 Å². The molecule has 2 unspecified atom stereocenters. The highest BCUT2D eigenvalue weighted by atomic mass is 16.5. The largest absolute Gasteiger partial charge is 0.508 e. The monoisotopic (exact) mass is 249 g/mol. The molecule has 2 N–H and O–H groups in total. The number of rotatable bonds is 4. The molecule has 1 aliphatic heterocycles. The topological polar surface area (TPSA) is 58.6 Å². The molecular formula is C14H19NO3. The van der Waals surface area contributed by atoms with Gasteiger partial charge in [0.05, 0.1) is 6.61 Å². The summed E-state index contributed by atoms with van der Waals surface area (Å²) >= 11 is 0. The molecule has 2 atom stereocenters. The van der Waals surface area contributed by atoms with Crippen LogP contribution in [0.3, 0.4) is 0 Å². The third-order valence-electron chi connectivity index (χ3n) is 3.23. The van der Waals surface area contributed by atoms with Gasteiger partial charge in [-0.25, -0.2) is 0 Å². The zero-order chi connectivity index (χ0) is 13.0. The normalized spacial score (nSPS) is 22.9. The summed E-state index contributed by atoms with van der Waals surface area (Å²) in [4.78, 5) is 11.6. The fourth-order valence-corrected chi connectivity index (χ4v) is 2.33. The van der Waals surface area contributed by atoms with E-state index in [1.165, 1.54) is 0 Å². The molecule has 0 saturated carbocycles. The van der Waals surface area contributed by atoms with Gasteiger partial charge in [-0.2, -0.15) is 0 Å². The molecule has 4 heteroatoms. The molecule has 0 aliphatic carbocycles. The maximum atomic E-state index is 11.6. The van der Waals surface area contributed by atoms with Crippen molar-refractivity contribution in [3.05, 3.63) is 29.8 Å². The van der Waals surface area contributed by atoms with E-state index in [-0.39, 0.29) is 17.8 Å². The molecule has 1 saturated heterocycles. The summed E-state index contributed by atoms with van der Waals surface area (Å²) in [5.41, 5.74) is 1.16. The number of phenols is 1. The molecule has 0 spiro atoms. The van der Waals surface area contributed by atoms with Gasteiger partial charge in [-0.15, -0.1) is 0 Å². The average molecular weight is 249 g/mol. The third kappa shape index (κ3) is 3.23. The second-order valence-corrected chi connectivity index (χ2v) is 4.62. The molecule has 0 bridgehead atoms. The highest BCUT2D eigenvalue weighted by molar-refractivity contribution is 5.76. The first-order valence-corrected chi connectivity index (χ1v) is 6.39. The minimum Gasteiger partial charge on any atom is -0.508 e. The first-order chi connectivity index (χ1) is 8.69. The first kappa shape index (κ1) is 12.9. The smallest absolute Gasteiger partial charge is 0.323 e. The predicted octanol–water partition coefficient (Wildman–Crippen LogP) is 1.62. The summed E-state index contributed by atoms with van der Waals surface area (Å²) < 4.78 is 5.01. The summed E-state index contributed by atoms with van der Waals surface area (Å²) in [5, 5.41) is 12.5. The summed E-state index contributed by atoms with van der Waals surface area (Å²) in [6.45, 7) is 2.25. The fourth-order valence-electron chi connectivity index (χ4n) is 2.33. The van der Waals surface area contributed by atoms with Gasteiger partial charge >= 0.3 is 5.97 Å². The summed E-state index contributed by atoms with van der Waals surface area (Å²) in [6, 6.07) is 7.35. The quantitative estimate of drug-likeness (QED) is 0.796. The lowest BCUT2D eigenvalue weighted by Crippen LogP contribution is -2.37. The van der Waals surface area contributed by atoms with Crippen molar-refractivity contribution in [2.24, 2.45) is 0 Å². The zero-order valence-electron chi connectivity index (χ0n) is 10.6. The predicted molar refractivity (Wildman–Crippen MR) is 68.4 cm³/mol. The second kappa shape index (κ2) is 5.87. The van der Waals surface area contributed by atoms with Crippen molar-refractivity contribution < 1.29 is 14.6 Å². The number of carbonyl (C=O) groups is 1. The lowest BCUT2D eigenvalue weighted by molar-refractivity contribution is -0.145. The molecule has 1 aromatic rings. The molecule has 18 heavy (non-hydrogen) atoms. The number of hydrogen-bond acceptors (Lipinski definition) is 4. The molecule has 0 radical (unpaired) electrons. The third-order valence-corrected chi connectivity index (χ3v) is 3.23. The summed E-state index contributed by atoms with van der Waals surface area (Å²) in [6.07, 6.45) is 2.68. The number of aromatic hydroxyl groups is 1. The number of phenolic OH excluding ortho intramolecular Hbond substituents is 1. The number of esters is 1. The highest BCUT2D eigenvalue weighted by Crippen LogP contribution is 2.19. The number of hydrogen-bond donors (Lipinski definition) is 2. The van der Waals surface area contributed by atoms with E-state index in [0.717, 1.165) is 24.8 Å². The van der Waals surface area contributed by atoms with Crippen LogP contribution in [0.1, 0.15) is 25.3 Å². The molecule has 2 rings (SSSR count). The van der Waals surface area contributed by atoms with Gasteiger partial charge in [0.25, 0.3) is 0 Å². The lowest BCUT2D eigenvalue weighted by Gasteiger charge is -2.13. The van der Waals surface area contributed by atoms with E-state index in [4.69, 9.17) is 4.74 Å². The average Bonchev–Trinajstić information content (AvgIpc) is 2.81. The highest BCUT2D eigenvalue weighted by Gasteiger charge is 2.29. The van der Waals surface area contributed by atoms with Gasteiger partial charge < -0.3 is 15.2 Å². The Kier molecular flexibility index (Phi) is 4.20. The molecule has 1 aliphatic rings. The molecule has 98 valence electrons. The van der Waals surface area contributed by atoms with Crippen LogP contribution in [0.25, 0.3) is 0 Å². The fraction of sp³-hybridized carbons (Fsp3) is 0.500. The minimum absolute atomic E-state index is 0.147. The van der Waals surface area contributed by atoms with E-state index in [9.17, 15) is 9.90 Å². The minimum atomic E-state index is -0.160. The number of benzene rings is 1. The van der Waals surface area contributed by atoms with Crippen LogP contribution >= 0.6 is 0 Å². The van der Waals surface area contributed by atoms with Gasteiger partial charge in [-0.3, -0.25) is 4.79 Å². The van der Waals surface area contributed by atoms with Crippen molar-refractivity contribution in [1.29, 1.82) is 0 Å². The van der Waals surface area contributed by atoms with Gasteiger partial charge in [0.1, 0.15) is 11.8 Å². The number of carbonyl (C=O) groups excluding carboxylic acids is 1. The van der Waals surface area contributed by atoms with E-state index in [1.807, 2.05) is 19.1 Å². The molecule has 1 fully saturated rings. The van der Waals surface area contributed by atoms with Crippen LogP contribution in [0.5, 0.6) is 5.75 Å². The van der Waals surface area contributed by atoms with E-state index in [2.05, 4.69) is 5.32 Å². The molecular weight excluding hydrogens is 230 g/mol. The Balaban J connectivity index is 1.86. The summed E-state index contributed by atoms with van der Waals surface area (Å²) in [7, 11) is 0. The zero-order valence-corrected chi connectivity index (χ0v) is 10.6. The van der Waals surface area contributed by atoms with Gasteiger partial charge in [0, 0.05) is 6.04 Å². The molecule has 0 aromatic heterocycles. The standard InChI is InChI=1S/C14H19NO3/c1-2-18-14(17)13-8-5-11(15-13)9-10-3-6-12(16)7-4-10/h3-4,6-7,11,13,15-16H,2,5,8-9H2,1H3. The van der Waals surface area contributed by atoms with Crippen molar-refractivity contribution in [2.45, 2.75) is 38.3 Å². The van der Waals surface area contributed by atoms with Gasteiger partial charge in [-0.05, 0) is 43.9 Å². The summed E-state index contributed by atoms with van der Waals surface area (Å²) in [5.74, 6) is 0.133. The Hall–Kier alpha value is -1.55. The van der Waals surface area contributed by atoms with E-state index >= 15 is 0 Å². The van der Waals surface area contributed by atoms with Crippen molar-refractivity contribution in [3.63, 3.8) is 0 Å². The Labute approximate surface area is 107 Å². The maximum Gasteiger partial charge on any atom is 0.323 e. The van der Waals surface area contributed by atoms with Crippen molar-refractivity contribution in [2.75, 3.05) is 6.61 Å². The molecule has 1 heterocycles. The van der Waals surface area contributed by atoms with Gasteiger partial charge in [-0.1, -0.05) is 12.1 Å². The second-order valence-electron chi connectivity index (χ2n) is 4.62. The molecule has 4 nitrogen and oxygen atoms in total. The van der Waals surface area contributed by atoms with Crippen LogP contribution in [0, 0.1) is 0 Å². The Morgan fingerprint density at radius 2 is 2.11 bits per heavy atom. The van der Waals surface area contributed by atoms with Crippen LogP contribution in [0.4, 0.5) is 0 Å². The van der Waals surface area contributed by atoms with Crippen LogP contribution in [0.2, 0.25) is 0 Å². The Morgan fingerprint density at radius 3 is 2.78 bits per heavy atom. The van der Waals surface area contributed by atoms with Crippen molar-refractivity contribution in [3.8, 4) is 5.75 Å². The van der Waals surface area contributed by atoms with Crippen LogP contribution in [-0.2, 0) is 16.0 Å². The van der Waals surface area contributed by atoms with Gasteiger partial charge in [0.15, 0.2) is 0 Å². The SMILES string of the molecule is CCOC(=O)C1CCC(Cc2ccc(O)cc2)N1. The van der Waals surface area contributed by atoms with Crippen LogP contribution < -0.4 is 5.32 Å². The van der Waals surface area contributed by atoms with Crippen molar-refractivity contribution in [1.82, 2.24) is 5.32 Å². The van der Waals surface area contributed by atoms with Crippen LogP contribution in [0.15, 0.2) is 24.3 Å². The first-order valence-electron chi connectivity index (χ1n) is 6.39. The Morgan fingerprint density at radius 1 is 1.39 bits per heavy atom. The van der Waals surface area contributed by atoms with Gasteiger partial charge in [0.2, 0.25) is 0 Å². The van der Waals surface area contributed by atoms with E-state index in [0.29, 0.717) is 12.6 Å². The van der Waals surface area contributed by atoms with E-state index in [1.54, 1.807) is 12.1 Å². The lowest BCUT2D eigenvalue weighted by atomic mass is 10.0. The molecule has 1 aromatic carbocycles. The van der Waals surface area contributed by atoms with Crippen LogP contribution in [-0.4, -0.2) is 29.8 Å². The molecule has 0 amide bonds. The van der Waals surface area contributed by atoms with E-state index < -0.39 is 0 Å². The number of ether oxygens (including phenoxy) is 1. The number of nitrogens with one attached hydrogen (secondary N) is 1. The Bertz CT molecular complexity index is 402. The maximum absolute atomic E-state index is 11.6.